The van der Waals surface area contributed by atoms with Crippen LogP contribution in [0.3, 0.4) is 0 Å². The summed E-state index contributed by atoms with van der Waals surface area (Å²) in [5, 5.41) is 11.9. The number of nitrogens with zero attached hydrogens (tertiary/aromatic N) is 2. The third-order valence-corrected chi connectivity index (χ3v) is 4.58. The van der Waals surface area contributed by atoms with Crippen LogP contribution in [0.15, 0.2) is 40.8 Å². The molecule has 1 aromatic heterocycles. The fraction of sp³-hybridized carbons (Fsp3) is 0.400. The molecule has 0 radical (unpaired) electrons. The summed E-state index contributed by atoms with van der Waals surface area (Å²) in [6.07, 6.45) is -1.09. The summed E-state index contributed by atoms with van der Waals surface area (Å²) in [7, 11) is 0. The standard InChI is InChI=1S/C20H21F2N3O3/c21-19(22)12-25-9-7-15(8-10-25)24-20(26)18-6-5-16(28-18)13-27-17-4-2-1-3-14(17)11-23/h1-6,15,19H,7-10,12-13H2,(H,24,26). The Balaban J connectivity index is 1.49. The minimum atomic E-state index is -2.34. The number of furan rings is 1. The molecule has 0 spiro atoms. The van der Waals surface area contributed by atoms with Gasteiger partial charge in [0.25, 0.3) is 12.3 Å². The van der Waals surface area contributed by atoms with E-state index in [0.717, 1.165) is 0 Å². The van der Waals surface area contributed by atoms with E-state index < -0.39 is 6.43 Å². The second-order valence-corrected chi connectivity index (χ2v) is 6.60. The van der Waals surface area contributed by atoms with Crippen molar-refractivity contribution in [2.75, 3.05) is 19.6 Å². The molecule has 1 saturated heterocycles. The molecule has 0 aliphatic carbocycles. The van der Waals surface area contributed by atoms with Crippen molar-refractivity contribution < 1.29 is 22.7 Å². The number of alkyl halides is 2. The molecule has 0 bridgehead atoms. The molecule has 28 heavy (non-hydrogen) atoms. The van der Waals surface area contributed by atoms with Gasteiger partial charge in [-0.1, -0.05) is 12.1 Å². The van der Waals surface area contributed by atoms with Gasteiger partial charge in [-0.25, -0.2) is 8.78 Å². The van der Waals surface area contributed by atoms with E-state index in [9.17, 15) is 13.6 Å². The third kappa shape index (κ3) is 5.30. The van der Waals surface area contributed by atoms with Crippen molar-refractivity contribution in [3.05, 3.63) is 53.5 Å². The number of amides is 1. The quantitative estimate of drug-likeness (QED) is 0.787. The number of rotatable bonds is 7. The molecular formula is C20H21F2N3O3. The number of carbonyl (C=O) groups excluding carboxylic acids is 1. The number of hydrogen-bond acceptors (Lipinski definition) is 5. The van der Waals surface area contributed by atoms with Gasteiger partial charge in [0.05, 0.1) is 12.1 Å². The Labute approximate surface area is 161 Å². The van der Waals surface area contributed by atoms with Gasteiger partial charge >= 0.3 is 0 Å². The number of piperidine rings is 1. The van der Waals surface area contributed by atoms with E-state index >= 15 is 0 Å². The van der Waals surface area contributed by atoms with Crippen molar-refractivity contribution in [2.45, 2.75) is 31.9 Å². The van der Waals surface area contributed by atoms with Crippen LogP contribution in [0.25, 0.3) is 0 Å². The number of ether oxygens (including phenoxy) is 1. The summed E-state index contributed by atoms with van der Waals surface area (Å²) < 4.78 is 35.9. The lowest BCUT2D eigenvalue weighted by Crippen LogP contribution is -2.45. The van der Waals surface area contributed by atoms with Gasteiger partial charge in [0.15, 0.2) is 5.76 Å². The molecule has 8 heteroatoms. The SMILES string of the molecule is N#Cc1ccccc1OCc1ccc(C(=O)NC2CCN(CC(F)F)CC2)o1. The second kappa shape index (κ2) is 9.33. The van der Waals surface area contributed by atoms with Gasteiger partial charge in [0.1, 0.15) is 24.2 Å². The van der Waals surface area contributed by atoms with Crippen LogP contribution in [-0.2, 0) is 6.61 Å². The molecule has 0 atom stereocenters. The maximum absolute atomic E-state index is 12.4. The number of hydrogen-bond donors (Lipinski definition) is 1. The van der Waals surface area contributed by atoms with Crippen LogP contribution in [0.2, 0.25) is 0 Å². The minimum Gasteiger partial charge on any atom is -0.484 e. The fourth-order valence-electron chi connectivity index (χ4n) is 3.12. The summed E-state index contributed by atoms with van der Waals surface area (Å²) in [4.78, 5) is 14.0. The Morgan fingerprint density at radius 2 is 2.04 bits per heavy atom. The number of carbonyl (C=O) groups is 1. The van der Waals surface area contributed by atoms with Gasteiger partial charge < -0.3 is 14.5 Å². The lowest BCUT2D eigenvalue weighted by Gasteiger charge is -2.31. The molecule has 0 saturated carbocycles. The normalized spacial score (nSPS) is 15.4. The monoisotopic (exact) mass is 389 g/mol. The lowest BCUT2D eigenvalue weighted by molar-refractivity contribution is 0.0689. The van der Waals surface area contributed by atoms with Crippen molar-refractivity contribution in [3.63, 3.8) is 0 Å². The highest BCUT2D eigenvalue weighted by Gasteiger charge is 2.23. The highest BCUT2D eigenvalue weighted by Crippen LogP contribution is 2.19. The van der Waals surface area contributed by atoms with Crippen molar-refractivity contribution in [2.24, 2.45) is 0 Å². The molecule has 0 unspecified atom stereocenters. The molecule has 2 heterocycles. The Kier molecular flexibility index (Phi) is 6.61. The van der Waals surface area contributed by atoms with Gasteiger partial charge in [0.2, 0.25) is 0 Å². The number of halogens is 2. The summed E-state index contributed by atoms with van der Waals surface area (Å²) >= 11 is 0. The van der Waals surface area contributed by atoms with Gasteiger partial charge in [-0.05, 0) is 37.1 Å². The van der Waals surface area contributed by atoms with Gasteiger partial charge in [-0.2, -0.15) is 5.26 Å². The molecule has 1 aliphatic heterocycles. The fourth-order valence-corrected chi connectivity index (χ4v) is 3.12. The molecule has 6 nitrogen and oxygen atoms in total. The molecule has 1 N–H and O–H groups in total. The smallest absolute Gasteiger partial charge is 0.287 e. The van der Waals surface area contributed by atoms with Crippen molar-refractivity contribution >= 4 is 5.91 Å². The average Bonchev–Trinajstić information content (AvgIpc) is 3.17. The summed E-state index contributed by atoms with van der Waals surface area (Å²) in [5.74, 6) is 0.741. The van der Waals surface area contributed by atoms with Crippen LogP contribution in [0.5, 0.6) is 5.75 Å². The summed E-state index contributed by atoms with van der Waals surface area (Å²) in [6, 6.07) is 12.1. The first-order chi connectivity index (χ1) is 13.5. The summed E-state index contributed by atoms with van der Waals surface area (Å²) in [5.41, 5.74) is 0.421. The number of benzene rings is 1. The van der Waals surface area contributed by atoms with Crippen molar-refractivity contribution in [3.8, 4) is 11.8 Å². The van der Waals surface area contributed by atoms with E-state index in [-0.39, 0.29) is 30.9 Å². The van der Waals surface area contributed by atoms with Crippen molar-refractivity contribution in [1.82, 2.24) is 10.2 Å². The third-order valence-electron chi connectivity index (χ3n) is 4.58. The van der Waals surface area contributed by atoms with Gasteiger partial charge in [-0.3, -0.25) is 9.69 Å². The maximum atomic E-state index is 12.4. The zero-order valence-electron chi connectivity index (χ0n) is 15.2. The zero-order chi connectivity index (χ0) is 19.9. The first-order valence-electron chi connectivity index (χ1n) is 9.07. The Bertz CT molecular complexity index is 839. The van der Waals surface area contributed by atoms with Crippen LogP contribution in [0.1, 0.15) is 34.7 Å². The molecule has 1 amide bonds. The maximum Gasteiger partial charge on any atom is 0.287 e. The number of likely N-dealkylation sites (tertiary alicyclic amines) is 1. The average molecular weight is 389 g/mol. The van der Waals surface area contributed by atoms with E-state index in [0.29, 0.717) is 43.0 Å². The van der Waals surface area contributed by atoms with Crippen LogP contribution in [0, 0.1) is 11.3 Å². The lowest BCUT2D eigenvalue weighted by atomic mass is 10.0. The molecule has 1 fully saturated rings. The summed E-state index contributed by atoms with van der Waals surface area (Å²) in [6.45, 7) is 0.935. The Hall–Kier alpha value is -2.92. The van der Waals surface area contributed by atoms with E-state index in [1.807, 2.05) is 6.07 Å². The van der Waals surface area contributed by atoms with Gasteiger partial charge in [0, 0.05) is 19.1 Å². The number of para-hydroxylation sites is 1. The predicted octanol–water partition coefficient (Wildman–Crippen LogP) is 3.19. The highest BCUT2D eigenvalue weighted by atomic mass is 19.3. The van der Waals surface area contributed by atoms with E-state index in [1.165, 1.54) is 0 Å². The highest BCUT2D eigenvalue weighted by molar-refractivity contribution is 5.91. The van der Waals surface area contributed by atoms with Crippen molar-refractivity contribution in [1.29, 1.82) is 5.26 Å². The predicted molar refractivity (Wildman–Crippen MR) is 97.1 cm³/mol. The molecule has 1 aliphatic rings. The number of nitrogens with one attached hydrogen (secondary N) is 1. The Morgan fingerprint density at radius 3 is 2.75 bits per heavy atom. The van der Waals surface area contributed by atoms with Crippen LogP contribution in [0.4, 0.5) is 8.78 Å². The molecule has 3 rings (SSSR count). The van der Waals surface area contributed by atoms with Crippen LogP contribution >= 0.6 is 0 Å². The molecular weight excluding hydrogens is 368 g/mol. The second-order valence-electron chi connectivity index (χ2n) is 6.60. The van der Waals surface area contributed by atoms with Crippen LogP contribution < -0.4 is 10.1 Å². The van der Waals surface area contributed by atoms with E-state index in [2.05, 4.69) is 5.32 Å². The zero-order valence-corrected chi connectivity index (χ0v) is 15.2. The first-order valence-corrected chi connectivity index (χ1v) is 9.07. The van der Waals surface area contributed by atoms with E-state index in [4.69, 9.17) is 14.4 Å². The van der Waals surface area contributed by atoms with Crippen LogP contribution in [-0.4, -0.2) is 42.9 Å². The minimum absolute atomic E-state index is 0.0614. The molecule has 1 aromatic carbocycles. The molecule has 2 aromatic rings. The number of nitriles is 1. The first kappa shape index (κ1) is 19.8. The van der Waals surface area contributed by atoms with Gasteiger partial charge in [-0.15, -0.1) is 0 Å². The Morgan fingerprint density at radius 1 is 1.29 bits per heavy atom. The van der Waals surface area contributed by atoms with E-state index in [1.54, 1.807) is 41.3 Å². The topological polar surface area (TPSA) is 78.5 Å². The largest absolute Gasteiger partial charge is 0.484 e. The molecule has 148 valence electrons.